The van der Waals surface area contributed by atoms with E-state index in [-0.39, 0.29) is 10.6 Å². The fourth-order valence-corrected chi connectivity index (χ4v) is 1.44. The molecule has 0 heterocycles. The smallest absolute Gasteiger partial charge is 0.271 e. The Bertz CT molecular complexity index is 354. The Balaban J connectivity index is 3.13. The molecule has 15 heavy (non-hydrogen) atoms. The molecule has 7 heteroatoms. The second kappa shape index (κ2) is 4.57. The summed E-state index contributed by atoms with van der Waals surface area (Å²) in [6.45, 7) is 0. The van der Waals surface area contributed by atoms with E-state index in [0.717, 1.165) is 12.1 Å². The molecule has 84 valence electrons. The summed E-state index contributed by atoms with van der Waals surface area (Å²) in [6, 6.07) is 1.46. The van der Waals surface area contributed by atoms with Gasteiger partial charge in [-0.3, -0.25) is 5.84 Å². The summed E-state index contributed by atoms with van der Waals surface area (Å²) in [5, 5.41) is -3.59. The van der Waals surface area contributed by atoms with Crippen molar-refractivity contribution in [3.63, 3.8) is 0 Å². The molecule has 1 aromatic carbocycles. The monoisotopic (exact) mass is 258 g/mol. The van der Waals surface area contributed by atoms with Gasteiger partial charge in [0, 0.05) is 10.6 Å². The normalized spacial score (nSPS) is 14.0. The van der Waals surface area contributed by atoms with E-state index in [1.54, 1.807) is 5.43 Å². The average Bonchev–Trinajstić information content (AvgIpc) is 2.07. The first-order valence-electron chi connectivity index (χ1n) is 3.84. The highest BCUT2D eigenvalue weighted by atomic mass is 35.5. The Morgan fingerprint density at radius 1 is 1.40 bits per heavy atom. The summed E-state index contributed by atoms with van der Waals surface area (Å²) in [5.74, 6) is 3.99. The molecule has 0 aliphatic rings. The number of hydrogen-bond donors (Lipinski definition) is 2. The predicted molar refractivity (Wildman–Crippen MR) is 52.3 cm³/mol. The first kappa shape index (κ1) is 12.6. The molecule has 0 radical (unpaired) electrons. The number of hydrazine groups is 1. The molecule has 1 aromatic rings. The Morgan fingerprint density at radius 2 is 2.00 bits per heavy atom. The van der Waals surface area contributed by atoms with Crippen molar-refractivity contribution in [1.29, 1.82) is 0 Å². The summed E-state index contributed by atoms with van der Waals surface area (Å²) in [5.41, 5.74) is 1.41. The first-order chi connectivity index (χ1) is 6.86. The summed E-state index contributed by atoms with van der Waals surface area (Å²) in [7, 11) is 0. The van der Waals surface area contributed by atoms with E-state index in [9.17, 15) is 13.2 Å². The van der Waals surface area contributed by atoms with Crippen molar-refractivity contribution >= 4 is 23.2 Å². The van der Waals surface area contributed by atoms with Gasteiger partial charge in [-0.25, -0.2) is 9.82 Å². The zero-order chi connectivity index (χ0) is 11.6. The highest BCUT2D eigenvalue weighted by molar-refractivity contribution is 6.30. The van der Waals surface area contributed by atoms with Crippen LogP contribution in [0, 0.1) is 5.82 Å². The molecule has 0 amide bonds. The van der Waals surface area contributed by atoms with Gasteiger partial charge in [-0.15, -0.1) is 0 Å². The maximum absolute atomic E-state index is 13.2. The van der Waals surface area contributed by atoms with Crippen LogP contribution in [-0.2, 0) is 0 Å². The van der Waals surface area contributed by atoms with E-state index >= 15 is 0 Å². The third-order valence-corrected chi connectivity index (χ3v) is 2.22. The van der Waals surface area contributed by atoms with Gasteiger partial charge in [0.15, 0.2) is 0 Å². The van der Waals surface area contributed by atoms with Crippen LogP contribution in [-0.4, -0.2) is 5.38 Å². The number of rotatable bonds is 3. The predicted octanol–water partition coefficient (Wildman–Crippen LogP) is 2.82. The van der Waals surface area contributed by atoms with Gasteiger partial charge < -0.3 is 0 Å². The van der Waals surface area contributed by atoms with Crippen molar-refractivity contribution in [1.82, 2.24) is 5.43 Å². The minimum Gasteiger partial charge on any atom is -0.271 e. The van der Waals surface area contributed by atoms with Crippen molar-refractivity contribution in [2.24, 2.45) is 5.84 Å². The lowest BCUT2D eigenvalue weighted by molar-refractivity contribution is 0.0483. The van der Waals surface area contributed by atoms with E-state index in [2.05, 4.69) is 0 Å². The zero-order valence-electron chi connectivity index (χ0n) is 7.28. The molecule has 3 N–H and O–H groups in total. The minimum absolute atomic E-state index is 0.102. The van der Waals surface area contributed by atoms with E-state index in [1.807, 2.05) is 0 Å². The number of halogens is 5. The lowest BCUT2D eigenvalue weighted by atomic mass is 10.1. The van der Waals surface area contributed by atoms with Gasteiger partial charge >= 0.3 is 5.38 Å². The van der Waals surface area contributed by atoms with Crippen LogP contribution in [0.15, 0.2) is 18.2 Å². The molecule has 0 saturated carbocycles. The van der Waals surface area contributed by atoms with E-state index < -0.39 is 17.2 Å². The van der Waals surface area contributed by atoms with Crippen LogP contribution in [0.2, 0.25) is 5.02 Å². The molecule has 1 unspecified atom stereocenters. The van der Waals surface area contributed by atoms with Gasteiger partial charge in [0.1, 0.15) is 11.9 Å². The molecule has 1 atom stereocenters. The number of nitrogens with one attached hydrogen (secondary N) is 1. The fraction of sp³-hybridized carbons (Fsp3) is 0.250. The van der Waals surface area contributed by atoms with Gasteiger partial charge in [0.25, 0.3) is 0 Å². The standard InChI is InChI=1S/C8H7Cl2F3N2/c9-4-1-2-5(6(11)3-4)7(15-14)8(10,12)13/h1-3,7,15H,14H2. The van der Waals surface area contributed by atoms with E-state index in [1.165, 1.54) is 6.07 Å². The van der Waals surface area contributed by atoms with Crippen molar-refractivity contribution in [3.05, 3.63) is 34.6 Å². The topological polar surface area (TPSA) is 38.0 Å². The molecular weight excluding hydrogens is 252 g/mol. The Hall–Kier alpha value is -0.490. The third-order valence-electron chi connectivity index (χ3n) is 1.77. The van der Waals surface area contributed by atoms with Gasteiger partial charge in [-0.1, -0.05) is 17.7 Å². The van der Waals surface area contributed by atoms with E-state index in [4.69, 9.17) is 29.0 Å². The Kier molecular flexibility index (Phi) is 3.83. The highest BCUT2D eigenvalue weighted by Gasteiger charge is 2.39. The van der Waals surface area contributed by atoms with Gasteiger partial charge in [-0.05, 0) is 23.7 Å². The van der Waals surface area contributed by atoms with Crippen LogP contribution in [0.25, 0.3) is 0 Å². The Morgan fingerprint density at radius 3 is 2.40 bits per heavy atom. The molecule has 2 nitrogen and oxygen atoms in total. The first-order valence-corrected chi connectivity index (χ1v) is 4.59. The maximum atomic E-state index is 13.2. The number of hydrogen-bond acceptors (Lipinski definition) is 2. The molecule has 0 spiro atoms. The summed E-state index contributed by atoms with van der Waals surface area (Å²) >= 11 is 10.2. The van der Waals surface area contributed by atoms with E-state index in [0.29, 0.717) is 0 Å². The van der Waals surface area contributed by atoms with Crippen molar-refractivity contribution < 1.29 is 13.2 Å². The largest absolute Gasteiger partial charge is 0.342 e. The molecule has 0 aliphatic carbocycles. The second-order valence-corrected chi connectivity index (χ2v) is 3.75. The summed E-state index contributed by atoms with van der Waals surface area (Å²) in [4.78, 5) is 0. The van der Waals surface area contributed by atoms with Crippen LogP contribution >= 0.6 is 23.2 Å². The highest BCUT2D eigenvalue weighted by Crippen LogP contribution is 2.35. The van der Waals surface area contributed by atoms with Crippen LogP contribution in [0.1, 0.15) is 11.6 Å². The minimum atomic E-state index is -3.69. The summed E-state index contributed by atoms with van der Waals surface area (Å²) < 4.78 is 38.8. The van der Waals surface area contributed by atoms with Gasteiger partial charge in [-0.2, -0.15) is 8.78 Å². The van der Waals surface area contributed by atoms with Crippen molar-refractivity contribution in [2.45, 2.75) is 11.4 Å². The second-order valence-electron chi connectivity index (χ2n) is 2.81. The third kappa shape index (κ3) is 2.98. The molecular formula is C8H7Cl2F3N2. The quantitative estimate of drug-likeness (QED) is 0.497. The molecule has 0 aliphatic heterocycles. The molecule has 0 aromatic heterocycles. The van der Waals surface area contributed by atoms with Gasteiger partial charge in [0.05, 0.1) is 0 Å². The fourth-order valence-electron chi connectivity index (χ4n) is 1.10. The number of alkyl halides is 3. The number of benzene rings is 1. The molecule has 1 rings (SSSR count). The molecule has 0 fully saturated rings. The van der Waals surface area contributed by atoms with Crippen molar-refractivity contribution in [3.8, 4) is 0 Å². The van der Waals surface area contributed by atoms with Gasteiger partial charge in [0.2, 0.25) is 0 Å². The van der Waals surface area contributed by atoms with Crippen LogP contribution in [0.3, 0.4) is 0 Å². The average molecular weight is 259 g/mol. The summed E-state index contributed by atoms with van der Waals surface area (Å²) in [6.07, 6.45) is 0. The molecule has 0 saturated heterocycles. The van der Waals surface area contributed by atoms with Crippen LogP contribution in [0.5, 0.6) is 0 Å². The van der Waals surface area contributed by atoms with Crippen LogP contribution < -0.4 is 11.3 Å². The lowest BCUT2D eigenvalue weighted by Crippen LogP contribution is -2.38. The zero-order valence-corrected chi connectivity index (χ0v) is 8.79. The van der Waals surface area contributed by atoms with Crippen LogP contribution in [0.4, 0.5) is 13.2 Å². The maximum Gasteiger partial charge on any atom is 0.342 e. The van der Waals surface area contributed by atoms with Crippen molar-refractivity contribution in [2.75, 3.05) is 0 Å². The molecule has 0 bridgehead atoms. The SMILES string of the molecule is NNC(c1ccc(Cl)cc1F)C(F)(F)Cl. The lowest BCUT2D eigenvalue weighted by Gasteiger charge is -2.21. The number of nitrogens with two attached hydrogens (primary N) is 1. The Labute approximate surface area is 94.1 Å².